The molecule has 132 valence electrons. The van der Waals surface area contributed by atoms with Gasteiger partial charge >= 0.3 is 0 Å². The van der Waals surface area contributed by atoms with Crippen LogP contribution >= 0.6 is 0 Å². The predicted molar refractivity (Wildman–Crippen MR) is 95.2 cm³/mol. The van der Waals surface area contributed by atoms with E-state index < -0.39 is 17.9 Å². The molecule has 3 amide bonds. The van der Waals surface area contributed by atoms with Crippen molar-refractivity contribution in [2.45, 2.75) is 19.4 Å². The maximum atomic E-state index is 12.3. The van der Waals surface area contributed by atoms with E-state index in [0.717, 1.165) is 11.1 Å². The summed E-state index contributed by atoms with van der Waals surface area (Å²) in [5.41, 5.74) is 6.93. The lowest BCUT2D eigenvalue weighted by Crippen LogP contribution is -2.43. The normalized spacial score (nSPS) is 15.1. The van der Waals surface area contributed by atoms with E-state index in [9.17, 15) is 14.4 Å². The van der Waals surface area contributed by atoms with E-state index in [1.807, 2.05) is 30.3 Å². The van der Waals surface area contributed by atoms with Gasteiger partial charge in [-0.1, -0.05) is 24.3 Å². The molecule has 0 saturated heterocycles. The number of amides is 3. The Hall–Kier alpha value is -3.48. The fraction of sp³-hybridized carbons (Fsp3) is 0.158. The van der Waals surface area contributed by atoms with Gasteiger partial charge < -0.3 is 4.90 Å². The van der Waals surface area contributed by atoms with Gasteiger partial charge in [0.05, 0.1) is 18.0 Å². The van der Waals surface area contributed by atoms with Crippen molar-refractivity contribution in [1.29, 1.82) is 0 Å². The molecule has 0 saturated carbocycles. The molecular weight excluding hydrogens is 332 g/mol. The highest BCUT2D eigenvalue weighted by molar-refractivity contribution is 5.95. The van der Waals surface area contributed by atoms with Gasteiger partial charge in [0.2, 0.25) is 11.8 Å². The zero-order valence-electron chi connectivity index (χ0n) is 14.2. The van der Waals surface area contributed by atoms with Crippen LogP contribution in [-0.2, 0) is 9.59 Å². The summed E-state index contributed by atoms with van der Waals surface area (Å²) >= 11 is 0. The Labute approximate surface area is 150 Å². The van der Waals surface area contributed by atoms with Crippen LogP contribution in [-0.4, -0.2) is 27.6 Å². The van der Waals surface area contributed by atoms with Crippen molar-refractivity contribution in [3.63, 3.8) is 0 Å². The molecule has 2 aromatic rings. The van der Waals surface area contributed by atoms with Crippen LogP contribution in [0.4, 0.5) is 0 Å². The SMILES string of the molecule is CC(=O)N1C=Cc2ccccc2C1CC(=O)NNC(=O)c1cccnc1. The molecule has 2 heterocycles. The third kappa shape index (κ3) is 3.77. The largest absolute Gasteiger partial charge is 0.311 e. The van der Waals surface area contributed by atoms with Gasteiger partial charge in [0.25, 0.3) is 5.91 Å². The molecule has 1 aliphatic rings. The third-order valence-electron chi connectivity index (χ3n) is 4.09. The minimum Gasteiger partial charge on any atom is -0.311 e. The summed E-state index contributed by atoms with van der Waals surface area (Å²) in [6, 6.07) is 10.4. The van der Waals surface area contributed by atoms with Crippen molar-refractivity contribution in [1.82, 2.24) is 20.7 Å². The number of pyridine rings is 1. The number of carbonyl (C=O) groups excluding carboxylic acids is 3. The number of nitrogens with one attached hydrogen (secondary N) is 2. The molecular formula is C19H18N4O3. The van der Waals surface area contributed by atoms with Crippen LogP contribution in [0.25, 0.3) is 6.08 Å². The number of rotatable bonds is 3. The first kappa shape index (κ1) is 17.3. The van der Waals surface area contributed by atoms with Gasteiger partial charge in [-0.05, 0) is 29.3 Å². The molecule has 0 fully saturated rings. The van der Waals surface area contributed by atoms with Gasteiger partial charge in [-0.3, -0.25) is 30.2 Å². The summed E-state index contributed by atoms with van der Waals surface area (Å²) < 4.78 is 0. The quantitative estimate of drug-likeness (QED) is 0.826. The second-order valence-electron chi connectivity index (χ2n) is 5.83. The second-order valence-corrected chi connectivity index (χ2v) is 5.83. The van der Waals surface area contributed by atoms with Gasteiger partial charge in [0.1, 0.15) is 0 Å². The number of fused-ring (bicyclic) bond motifs is 1. The lowest BCUT2D eigenvalue weighted by atomic mass is 9.93. The molecule has 0 spiro atoms. The van der Waals surface area contributed by atoms with Crippen LogP contribution in [0.5, 0.6) is 0 Å². The summed E-state index contributed by atoms with van der Waals surface area (Å²) in [6.07, 6.45) is 6.50. The van der Waals surface area contributed by atoms with Gasteiger partial charge in [0.15, 0.2) is 0 Å². The first-order chi connectivity index (χ1) is 12.6. The van der Waals surface area contributed by atoms with E-state index in [-0.39, 0.29) is 12.3 Å². The van der Waals surface area contributed by atoms with Gasteiger partial charge in [-0.15, -0.1) is 0 Å². The lowest BCUT2D eigenvalue weighted by molar-refractivity contribution is -0.130. The molecule has 1 aromatic carbocycles. The van der Waals surface area contributed by atoms with E-state index in [1.54, 1.807) is 24.5 Å². The van der Waals surface area contributed by atoms with E-state index in [2.05, 4.69) is 15.8 Å². The Morgan fingerprint density at radius 2 is 1.92 bits per heavy atom. The monoisotopic (exact) mass is 350 g/mol. The molecule has 7 heteroatoms. The fourth-order valence-electron chi connectivity index (χ4n) is 2.84. The molecule has 0 aliphatic carbocycles. The zero-order valence-corrected chi connectivity index (χ0v) is 14.2. The van der Waals surface area contributed by atoms with Crippen LogP contribution in [0.3, 0.4) is 0 Å². The summed E-state index contributed by atoms with van der Waals surface area (Å²) in [7, 11) is 0. The van der Waals surface area contributed by atoms with Crippen LogP contribution in [0.2, 0.25) is 0 Å². The lowest BCUT2D eigenvalue weighted by Gasteiger charge is -2.32. The molecule has 3 rings (SSSR count). The number of hydrazine groups is 1. The summed E-state index contributed by atoms with van der Waals surface area (Å²) in [5.74, 6) is -1.02. The molecule has 0 bridgehead atoms. The highest BCUT2D eigenvalue weighted by Gasteiger charge is 2.28. The molecule has 0 radical (unpaired) electrons. The molecule has 1 aliphatic heterocycles. The number of benzene rings is 1. The van der Waals surface area contributed by atoms with E-state index in [4.69, 9.17) is 0 Å². The van der Waals surface area contributed by atoms with Crippen molar-refractivity contribution >= 4 is 23.8 Å². The predicted octanol–water partition coefficient (Wildman–Crippen LogP) is 1.81. The Morgan fingerprint density at radius 1 is 1.12 bits per heavy atom. The van der Waals surface area contributed by atoms with Crippen molar-refractivity contribution in [3.05, 3.63) is 71.7 Å². The van der Waals surface area contributed by atoms with Crippen molar-refractivity contribution in [2.75, 3.05) is 0 Å². The van der Waals surface area contributed by atoms with Crippen LogP contribution < -0.4 is 10.9 Å². The number of aromatic nitrogens is 1. The van der Waals surface area contributed by atoms with Gasteiger partial charge in [-0.2, -0.15) is 0 Å². The third-order valence-corrected chi connectivity index (χ3v) is 4.09. The molecule has 1 aromatic heterocycles. The second kappa shape index (κ2) is 7.60. The smallest absolute Gasteiger partial charge is 0.271 e. The summed E-state index contributed by atoms with van der Waals surface area (Å²) in [5, 5.41) is 0. The van der Waals surface area contributed by atoms with Crippen molar-refractivity contribution in [3.8, 4) is 0 Å². The molecule has 1 unspecified atom stereocenters. The highest BCUT2D eigenvalue weighted by Crippen LogP contribution is 2.32. The first-order valence-corrected chi connectivity index (χ1v) is 8.11. The Balaban J connectivity index is 1.68. The molecule has 2 N–H and O–H groups in total. The van der Waals surface area contributed by atoms with Crippen LogP contribution in [0.15, 0.2) is 55.0 Å². The van der Waals surface area contributed by atoms with Crippen LogP contribution in [0, 0.1) is 0 Å². The number of hydrogen-bond acceptors (Lipinski definition) is 4. The first-order valence-electron chi connectivity index (χ1n) is 8.11. The number of nitrogens with zero attached hydrogens (tertiary/aromatic N) is 2. The fourth-order valence-corrected chi connectivity index (χ4v) is 2.84. The van der Waals surface area contributed by atoms with Crippen LogP contribution in [0.1, 0.15) is 40.9 Å². The molecule has 1 atom stereocenters. The Morgan fingerprint density at radius 3 is 2.65 bits per heavy atom. The summed E-state index contributed by atoms with van der Waals surface area (Å²) in [4.78, 5) is 41.6. The maximum absolute atomic E-state index is 12.3. The zero-order chi connectivity index (χ0) is 18.5. The highest BCUT2D eigenvalue weighted by atomic mass is 16.2. The average molecular weight is 350 g/mol. The van der Waals surface area contributed by atoms with Crippen molar-refractivity contribution in [2.24, 2.45) is 0 Å². The number of carbonyl (C=O) groups is 3. The van der Waals surface area contributed by atoms with E-state index >= 15 is 0 Å². The van der Waals surface area contributed by atoms with E-state index in [0.29, 0.717) is 5.56 Å². The van der Waals surface area contributed by atoms with Gasteiger partial charge in [0, 0.05) is 25.5 Å². The van der Waals surface area contributed by atoms with Gasteiger partial charge in [-0.25, -0.2) is 0 Å². The van der Waals surface area contributed by atoms with E-state index in [1.165, 1.54) is 18.0 Å². The topological polar surface area (TPSA) is 91.4 Å². The van der Waals surface area contributed by atoms with Crippen molar-refractivity contribution < 1.29 is 14.4 Å². The minimum absolute atomic E-state index is 0.0221. The molecule has 7 nitrogen and oxygen atoms in total. The Bertz CT molecular complexity index is 864. The minimum atomic E-state index is -0.459. The number of hydrogen-bond donors (Lipinski definition) is 2. The standard InChI is InChI=1S/C19H18N4O3/c1-13(24)23-10-8-14-5-2-3-7-16(14)17(23)11-18(25)21-22-19(26)15-6-4-9-20-12-15/h2-10,12,17H,11H2,1H3,(H,21,25)(H,22,26). The maximum Gasteiger partial charge on any atom is 0.271 e. The Kier molecular flexibility index (Phi) is 5.07. The average Bonchev–Trinajstić information content (AvgIpc) is 2.66. The molecule has 26 heavy (non-hydrogen) atoms. The summed E-state index contributed by atoms with van der Waals surface area (Å²) in [6.45, 7) is 1.45.